The first-order chi connectivity index (χ1) is 15.5. The Hall–Kier alpha value is -2.35. The second-order valence-corrected chi connectivity index (χ2v) is 10.0. The summed E-state index contributed by atoms with van der Waals surface area (Å²) in [6, 6.07) is 2.46. The molecule has 8 heteroatoms. The molecule has 174 valence electrons. The van der Waals surface area contributed by atoms with Crippen molar-refractivity contribution in [1.29, 1.82) is 0 Å². The van der Waals surface area contributed by atoms with E-state index in [0.717, 1.165) is 43.4 Å². The van der Waals surface area contributed by atoms with E-state index in [1.807, 2.05) is 7.05 Å². The van der Waals surface area contributed by atoms with E-state index in [4.69, 9.17) is 9.26 Å². The molecular formula is C24H35N5O3. The Morgan fingerprint density at radius 2 is 2.19 bits per heavy atom. The van der Waals surface area contributed by atoms with Crippen molar-refractivity contribution in [1.82, 2.24) is 25.2 Å². The minimum absolute atomic E-state index is 0.0435. The van der Waals surface area contributed by atoms with Crippen LogP contribution in [0.5, 0.6) is 5.75 Å². The van der Waals surface area contributed by atoms with Gasteiger partial charge in [0, 0.05) is 44.1 Å². The van der Waals surface area contributed by atoms with Crippen molar-refractivity contribution in [3.8, 4) is 5.75 Å². The van der Waals surface area contributed by atoms with Crippen LogP contribution in [0, 0.1) is 11.8 Å². The van der Waals surface area contributed by atoms with Gasteiger partial charge in [-0.05, 0) is 56.9 Å². The van der Waals surface area contributed by atoms with Crippen LogP contribution < -0.4 is 10.1 Å². The number of nitrogens with one attached hydrogen (secondary N) is 1. The number of nitrogens with zero attached hydrogens (tertiary/aromatic N) is 4. The fraction of sp³-hybridized carbons (Fsp3) is 0.708. The van der Waals surface area contributed by atoms with Crippen molar-refractivity contribution in [3.63, 3.8) is 0 Å². The second kappa shape index (κ2) is 8.89. The molecule has 1 N–H and O–H groups in total. The van der Waals surface area contributed by atoms with E-state index in [1.165, 1.54) is 44.5 Å². The number of carbonyl (C=O) groups excluding carboxylic acids is 1. The Morgan fingerprint density at radius 3 is 2.91 bits per heavy atom. The number of amides is 1. The molecule has 2 atom stereocenters. The highest BCUT2D eigenvalue weighted by Crippen LogP contribution is 2.58. The van der Waals surface area contributed by atoms with Crippen molar-refractivity contribution in [2.45, 2.75) is 63.3 Å². The molecule has 32 heavy (non-hydrogen) atoms. The molecule has 1 aliphatic heterocycles. The molecule has 0 aromatic carbocycles. The van der Waals surface area contributed by atoms with Crippen LogP contribution in [0.25, 0.3) is 0 Å². The summed E-state index contributed by atoms with van der Waals surface area (Å²) < 4.78 is 12.6. The number of carbonyl (C=O) groups is 1. The summed E-state index contributed by atoms with van der Waals surface area (Å²) in [6.45, 7) is 5.68. The average molecular weight is 442 g/mol. The second-order valence-electron chi connectivity index (χ2n) is 10.0. The number of aromatic nitrogens is 3. The topological polar surface area (TPSA) is 85.4 Å². The fourth-order valence-electron chi connectivity index (χ4n) is 5.72. The van der Waals surface area contributed by atoms with Crippen LogP contribution in [0.15, 0.2) is 23.0 Å². The summed E-state index contributed by atoms with van der Waals surface area (Å²) in [5.41, 5.74) is 1.46. The maximum Gasteiger partial charge on any atom is 0.258 e. The van der Waals surface area contributed by atoms with Crippen LogP contribution in [-0.4, -0.2) is 58.0 Å². The third kappa shape index (κ3) is 4.56. The standard InChI is InChI=1S/C24H35N5O3/c1-3-20-10-22(27-32-20)24-11-18(24)13-29(16-24)9-8-17-4-6-19(7-5-17)26-23(30)15-31-21-12-25-28(2)14-21/h10,12,14,17-19H,3-9,11,13,15-16H2,1-2H3,(H,26,30)/t17?,18?,19?,24-/m0/s1. The lowest BCUT2D eigenvalue weighted by molar-refractivity contribution is -0.124. The third-order valence-electron chi connectivity index (χ3n) is 7.75. The minimum atomic E-state index is -0.0435. The van der Waals surface area contributed by atoms with Crippen molar-refractivity contribution in [3.05, 3.63) is 29.9 Å². The zero-order chi connectivity index (χ0) is 22.1. The van der Waals surface area contributed by atoms with E-state index in [9.17, 15) is 4.79 Å². The number of hydrogen-bond donors (Lipinski definition) is 1. The Balaban J connectivity index is 0.995. The maximum atomic E-state index is 12.2. The van der Waals surface area contributed by atoms with Crippen LogP contribution in [0.3, 0.4) is 0 Å². The monoisotopic (exact) mass is 441 g/mol. The van der Waals surface area contributed by atoms with Gasteiger partial charge in [-0.2, -0.15) is 5.10 Å². The molecule has 1 amide bonds. The first-order valence-corrected chi connectivity index (χ1v) is 12.1. The summed E-state index contributed by atoms with van der Waals surface area (Å²) in [6.07, 6.45) is 11.3. The molecule has 1 saturated heterocycles. The van der Waals surface area contributed by atoms with E-state index < -0.39 is 0 Å². The molecule has 8 nitrogen and oxygen atoms in total. The van der Waals surface area contributed by atoms with Crippen LogP contribution in [-0.2, 0) is 23.7 Å². The number of piperidine rings is 1. The van der Waals surface area contributed by atoms with Gasteiger partial charge in [0.15, 0.2) is 12.4 Å². The number of hydrogen-bond acceptors (Lipinski definition) is 6. The van der Waals surface area contributed by atoms with Crippen LogP contribution in [0.2, 0.25) is 0 Å². The molecule has 5 rings (SSSR count). The molecule has 3 aliphatic rings. The predicted octanol–water partition coefficient (Wildman–Crippen LogP) is 2.69. The van der Waals surface area contributed by atoms with Gasteiger partial charge in [0.2, 0.25) is 0 Å². The van der Waals surface area contributed by atoms with Gasteiger partial charge in [0.05, 0.1) is 18.1 Å². The maximum absolute atomic E-state index is 12.2. The number of likely N-dealkylation sites (tertiary alicyclic amines) is 1. The number of rotatable bonds is 9. The lowest BCUT2D eigenvalue weighted by Gasteiger charge is -2.30. The minimum Gasteiger partial charge on any atom is -0.480 e. The molecule has 3 fully saturated rings. The first kappa shape index (κ1) is 21.5. The highest BCUT2D eigenvalue weighted by molar-refractivity contribution is 5.77. The Labute approximate surface area is 189 Å². The van der Waals surface area contributed by atoms with E-state index in [1.54, 1.807) is 17.1 Å². The number of fused-ring (bicyclic) bond motifs is 1. The Morgan fingerprint density at radius 1 is 1.34 bits per heavy atom. The van der Waals surface area contributed by atoms with Crippen LogP contribution >= 0.6 is 0 Å². The van der Waals surface area contributed by atoms with E-state index >= 15 is 0 Å². The van der Waals surface area contributed by atoms with E-state index in [-0.39, 0.29) is 24.0 Å². The third-order valence-corrected chi connectivity index (χ3v) is 7.75. The first-order valence-electron chi connectivity index (χ1n) is 12.1. The largest absolute Gasteiger partial charge is 0.480 e. The quantitative estimate of drug-likeness (QED) is 0.644. The van der Waals surface area contributed by atoms with E-state index in [2.05, 4.69) is 33.5 Å². The normalized spacial score (nSPS) is 29.6. The molecule has 0 bridgehead atoms. The number of aryl methyl sites for hydroxylation is 2. The van der Waals surface area contributed by atoms with Gasteiger partial charge in [0.1, 0.15) is 5.76 Å². The van der Waals surface area contributed by atoms with Crippen molar-refractivity contribution in [2.24, 2.45) is 18.9 Å². The summed E-state index contributed by atoms with van der Waals surface area (Å²) in [5, 5.41) is 11.6. The van der Waals surface area contributed by atoms with Crippen LogP contribution in [0.4, 0.5) is 0 Å². The van der Waals surface area contributed by atoms with Gasteiger partial charge in [-0.15, -0.1) is 0 Å². The summed E-state index contributed by atoms with van der Waals surface area (Å²) in [7, 11) is 1.83. The SMILES string of the molecule is CCc1cc([C@]23CC2CN(CCC2CCC(NC(=O)COc4cnn(C)c4)CC2)C3)no1. The van der Waals surface area contributed by atoms with Gasteiger partial charge in [0.25, 0.3) is 5.91 Å². The van der Waals surface area contributed by atoms with Gasteiger partial charge >= 0.3 is 0 Å². The molecule has 1 unspecified atom stereocenters. The highest BCUT2D eigenvalue weighted by Gasteiger charge is 2.62. The highest BCUT2D eigenvalue weighted by atomic mass is 16.5. The molecule has 2 saturated carbocycles. The lowest BCUT2D eigenvalue weighted by Crippen LogP contribution is -2.40. The van der Waals surface area contributed by atoms with Crippen LogP contribution in [0.1, 0.15) is 56.9 Å². The predicted molar refractivity (Wildman–Crippen MR) is 119 cm³/mol. The molecule has 0 radical (unpaired) electrons. The molecule has 2 aromatic heterocycles. The molecule has 3 heterocycles. The molecule has 2 aromatic rings. The summed E-state index contributed by atoms with van der Waals surface area (Å²) in [5.74, 6) is 3.12. The Bertz CT molecular complexity index is 932. The van der Waals surface area contributed by atoms with Crippen molar-refractivity contribution in [2.75, 3.05) is 26.2 Å². The van der Waals surface area contributed by atoms with Gasteiger partial charge in [-0.25, -0.2) is 0 Å². The van der Waals surface area contributed by atoms with Gasteiger partial charge < -0.3 is 19.5 Å². The zero-order valence-corrected chi connectivity index (χ0v) is 19.3. The number of ether oxygens (including phenoxy) is 1. The summed E-state index contributed by atoms with van der Waals surface area (Å²) in [4.78, 5) is 14.8. The fourth-order valence-corrected chi connectivity index (χ4v) is 5.72. The van der Waals surface area contributed by atoms with Crippen molar-refractivity contribution >= 4 is 5.91 Å². The van der Waals surface area contributed by atoms with Crippen molar-refractivity contribution < 1.29 is 14.1 Å². The molecule has 0 spiro atoms. The lowest BCUT2D eigenvalue weighted by atomic mass is 9.84. The Kier molecular flexibility index (Phi) is 5.97. The van der Waals surface area contributed by atoms with Gasteiger partial charge in [-0.3, -0.25) is 9.48 Å². The molecular weight excluding hydrogens is 406 g/mol. The molecule has 2 aliphatic carbocycles. The van der Waals surface area contributed by atoms with Gasteiger partial charge in [-0.1, -0.05) is 12.1 Å². The smallest absolute Gasteiger partial charge is 0.258 e. The van der Waals surface area contributed by atoms with E-state index in [0.29, 0.717) is 5.75 Å². The average Bonchev–Trinajstić information content (AvgIpc) is 3.20. The zero-order valence-electron chi connectivity index (χ0n) is 19.3. The summed E-state index contributed by atoms with van der Waals surface area (Å²) >= 11 is 0.